The number of hydrogen-bond donors (Lipinski definition) is 0. The summed E-state index contributed by atoms with van der Waals surface area (Å²) < 4.78 is 37.6. The summed E-state index contributed by atoms with van der Waals surface area (Å²) in [7, 11) is -4.27. The third-order valence-corrected chi connectivity index (χ3v) is 5.46. The van der Waals surface area contributed by atoms with Gasteiger partial charge in [0.15, 0.2) is 0 Å². The van der Waals surface area contributed by atoms with Crippen LogP contribution in [0.15, 0.2) is 53.4 Å². The molecule has 2 aromatic carbocycles. The van der Waals surface area contributed by atoms with Crippen LogP contribution in [-0.2, 0) is 19.6 Å². The first-order chi connectivity index (χ1) is 13.6. The summed E-state index contributed by atoms with van der Waals surface area (Å²) >= 11 is 0. The molecular formula is C19H22N2O7S. The van der Waals surface area contributed by atoms with Crippen LogP contribution in [0.5, 0.6) is 5.75 Å². The Bertz CT molecular complexity index is 972. The summed E-state index contributed by atoms with van der Waals surface area (Å²) in [5, 5.41) is 11.0. The van der Waals surface area contributed by atoms with E-state index >= 15 is 0 Å². The van der Waals surface area contributed by atoms with Crippen LogP contribution in [0.1, 0.15) is 20.8 Å². The van der Waals surface area contributed by atoms with Crippen LogP contribution in [0.3, 0.4) is 0 Å². The maximum absolute atomic E-state index is 13.2. The molecule has 0 aliphatic carbocycles. The monoisotopic (exact) mass is 422 g/mol. The summed E-state index contributed by atoms with van der Waals surface area (Å²) in [4.78, 5) is 22.1. The van der Waals surface area contributed by atoms with Crippen molar-refractivity contribution in [3.05, 3.63) is 58.6 Å². The van der Waals surface area contributed by atoms with Crippen LogP contribution in [0.4, 0.5) is 11.4 Å². The number of nitro groups is 1. The molecule has 0 atom stereocenters. The van der Waals surface area contributed by atoms with Crippen molar-refractivity contribution in [2.45, 2.75) is 31.8 Å². The number of nitrogens with zero attached hydrogens (tertiary/aromatic N) is 2. The normalized spacial score (nSPS) is 11.2. The summed E-state index contributed by atoms with van der Waals surface area (Å²) in [6, 6.07) is 10.8. The Morgan fingerprint density at radius 1 is 1.17 bits per heavy atom. The van der Waals surface area contributed by atoms with Gasteiger partial charge in [-0.2, -0.15) is 0 Å². The van der Waals surface area contributed by atoms with Gasteiger partial charge in [0.1, 0.15) is 12.3 Å². The van der Waals surface area contributed by atoms with Crippen molar-refractivity contribution in [3.63, 3.8) is 0 Å². The SMILES string of the molecule is CCOC(=O)CN(c1ccc(OC(C)C)cc1)S(=O)(=O)c1cccc([N+](=O)[O-])c1. The highest BCUT2D eigenvalue weighted by Crippen LogP contribution is 2.28. The average molecular weight is 422 g/mol. The standard InChI is InChI=1S/C19H22N2O7S/c1-4-27-19(22)13-20(15-8-10-17(11-9-15)28-14(2)3)29(25,26)18-7-5-6-16(12-18)21(23)24/h5-12,14H,4,13H2,1-3H3. The Kier molecular flexibility index (Phi) is 7.16. The predicted molar refractivity (Wildman–Crippen MR) is 106 cm³/mol. The molecule has 2 rings (SSSR count). The second kappa shape index (κ2) is 9.37. The number of benzene rings is 2. The number of anilines is 1. The zero-order chi connectivity index (χ0) is 21.6. The van der Waals surface area contributed by atoms with Gasteiger partial charge in [-0.3, -0.25) is 19.2 Å². The number of ether oxygens (including phenoxy) is 2. The number of non-ortho nitro benzene ring substituents is 1. The number of carbonyl (C=O) groups is 1. The van der Waals surface area contributed by atoms with Gasteiger partial charge in [0.2, 0.25) is 0 Å². The summed E-state index contributed by atoms with van der Waals surface area (Å²) in [5.74, 6) is -0.211. The van der Waals surface area contributed by atoms with Crippen molar-refractivity contribution in [1.29, 1.82) is 0 Å². The first kappa shape index (κ1) is 22.2. The Morgan fingerprint density at radius 3 is 2.38 bits per heavy atom. The van der Waals surface area contributed by atoms with Crippen LogP contribution in [0.2, 0.25) is 0 Å². The van der Waals surface area contributed by atoms with Crippen LogP contribution in [-0.4, -0.2) is 38.6 Å². The number of hydrogen-bond acceptors (Lipinski definition) is 7. The lowest BCUT2D eigenvalue weighted by atomic mass is 10.3. The molecule has 0 saturated carbocycles. The maximum Gasteiger partial charge on any atom is 0.326 e. The highest BCUT2D eigenvalue weighted by Gasteiger charge is 2.29. The molecule has 0 N–H and O–H groups in total. The van der Waals surface area contributed by atoms with Crippen molar-refractivity contribution in [3.8, 4) is 5.75 Å². The molecule has 156 valence electrons. The van der Waals surface area contributed by atoms with E-state index in [9.17, 15) is 23.3 Å². The van der Waals surface area contributed by atoms with E-state index in [1.807, 2.05) is 13.8 Å². The first-order valence-corrected chi connectivity index (χ1v) is 10.3. The number of sulfonamides is 1. The van der Waals surface area contributed by atoms with Gasteiger partial charge < -0.3 is 9.47 Å². The number of rotatable bonds is 9. The fraction of sp³-hybridized carbons (Fsp3) is 0.316. The molecule has 0 bridgehead atoms. The van der Waals surface area contributed by atoms with Gasteiger partial charge in [0.05, 0.1) is 28.2 Å². The Balaban J connectivity index is 2.48. The lowest BCUT2D eigenvalue weighted by molar-refractivity contribution is -0.385. The molecule has 29 heavy (non-hydrogen) atoms. The van der Waals surface area contributed by atoms with Crippen molar-refractivity contribution in [2.75, 3.05) is 17.5 Å². The quantitative estimate of drug-likeness (QED) is 0.346. The third-order valence-electron chi connectivity index (χ3n) is 3.69. The Labute approximate surface area is 169 Å². The van der Waals surface area contributed by atoms with Gasteiger partial charge in [0.25, 0.3) is 15.7 Å². The minimum Gasteiger partial charge on any atom is -0.491 e. The highest BCUT2D eigenvalue weighted by molar-refractivity contribution is 7.92. The maximum atomic E-state index is 13.2. The molecule has 0 heterocycles. The van der Waals surface area contributed by atoms with Crippen LogP contribution in [0, 0.1) is 10.1 Å². The molecular weight excluding hydrogens is 400 g/mol. The summed E-state index contributed by atoms with van der Waals surface area (Å²) in [6.45, 7) is 4.82. The van der Waals surface area contributed by atoms with Gasteiger partial charge in [-0.05, 0) is 51.1 Å². The fourth-order valence-electron chi connectivity index (χ4n) is 2.49. The van der Waals surface area contributed by atoms with Crippen molar-refractivity contribution >= 4 is 27.4 Å². The zero-order valence-corrected chi connectivity index (χ0v) is 17.1. The van der Waals surface area contributed by atoms with Crippen molar-refractivity contribution < 1.29 is 27.6 Å². The van der Waals surface area contributed by atoms with Crippen molar-refractivity contribution in [2.24, 2.45) is 0 Å². The van der Waals surface area contributed by atoms with Crippen LogP contribution < -0.4 is 9.04 Å². The number of nitro benzene ring substituents is 1. The van der Waals surface area contributed by atoms with Gasteiger partial charge in [-0.25, -0.2) is 8.42 Å². The molecule has 0 amide bonds. The lowest BCUT2D eigenvalue weighted by Gasteiger charge is -2.24. The fourth-order valence-corrected chi connectivity index (χ4v) is 3.94. The summed E-state index contributed by atoms with van der Waals surface area (Å²) in [6.07, 6.45) is -0.0647. The molecule has 0 unspecified atom stereocenters. The molecule has 0 radical (unpaired) electrons. The minimum absolute atomic E-state index is 0.0647. The van der Waals surface area contributed by atoms with E-state index in [4.69, 9.17) is 9.47 Å². The topological polar surface area (TPSA) is 116 Å². The van der Waals surface area contributed by atoms with Gasteiger partial charge in [-0.15, -0.1) is 0 Å². The molecule has 0 aliphatic heterocycles. The van der Waals surface area contributed by atoms with E-state index in [1.54, 1.807) is 19.1 Å². The van der Waals surface area contributed by atoms with Gasteiger partial charge in [0, 0.05) is 12.1 Å². The first-order valence-electron chi connectivity index (χ1n) is 8.84. The van der Waals surface area contributed by atoms with Crippen molar-refractivity contribution in [1.82, 2.24) is 0 Å². The van der Waals surface area contributed by atoms with Crippen LogP contribution >= 0.6 is 0 Å². The molecule has 0 saturated heterocycles. The molecule has 0 aromatic heterocycles. The third kappa shape index (κ3) is 5.67. The van der Waals surface area contributed by atoms with Gasteiger partial charge in [-0.1, -0.05) is 6.07 Å². The number of esters is 1. The second-order valence-corrected chi connectivity index (χ2v) is 8.09. The average Bonchev–Trinajstić information content (AvgIpc) is 2.66. The summed E-state index contributed by atoms with van der Waals surface area (Å²) in [5.41, 5.74) is -0.177. The van der Waals surface area contributed by atoms with Gasteiger partial charge >= 0.3 is 5.97 Å². The van der Waals surface area contributed by atoms with E-state index in [2.05, 4.69) is 0 Å². The van der Waals surface area contributed by atoms with Crippen LogP contribution in [0.25, 0.3) is 0 Å². The molecule has 0 fully saturated rings. The molecule has 2 aromatic rings. The Morgan fingerprint density at radius 2 is 1.83 bits per heavy atom. The second-order valence-electron chi connectivity index (χ2n) is 6.23. The highest BCUT2D eigenvalue weighted by atomic mass is 32.2. The zero-order valence-electron chi connectivity index (χ0n) is 16.3. The van der Waals surface area contributed by atoms with E-state index in [1.165, 1.54) is 30.3 Å². The molecule has 0 aliphatic rings. The van der Waals surface area contributed by atoms with E-state index < -0.39 is 27.5 Å². The largest absolute Gasteiger partial charge is 0.491 e. The van der Waals surface area contributed by atoms with E-state index in [-0.39, 0.29) is 29.0 Å². The molecule has 10 heteroatoms. The minimum atomic E-state index is -4.27. The van der Waals surface area contributed by atoms with E-state index in [0.717, 1.165) is 10.4 Å². The number of carbonyl (C=O) groups excluding carboxylic acids is 1. The smallest absolute Gasteiger partial charge is 0.326 e. The lowest BCUT2D eigenvalue weighted by Crippen LogP contribution is -2.36. The van der Waals surface area contributed by atoms with E-state index in [0.29, 0.717) is 5.75 Å². The Hall–Kier alpha value is -3.14. The predicted octanol–water partition coefficient (Wildman–Crippen LogP) is 3.14. The molecule has 9 nitrogen and oxygen atoms in total. The molecule has 0 spiro atoms.